The predicted molar refractivity (Wildman–Crippen MR) is 81.6 cm³/mol. The van der Waals surface area contributed by atoms with Gasteiger partial charge in [0.15, 0.2) is 0 Å². The number of hydrogen-bond donors (Lipinski definition) is 1. The van der Waals surface area contributed by atoms with E-state index in [1.165, 1.54) is 16.7 Å². The van der Waals surface area contributed by atoms with Crippen molar-refractivity contribution < 1.29 is 0 Å². The maximum Gasteiger partial charge on any atom is 0.0513 e. The van der Waals surface area contributed by atoms with Crippen molar-refractivity contribution in [3.8, 4) is 0 Å². The molecule has 19 heavy (non-hydrogen) atoms. The highest BCUT2D eigenvalue weighted by Crippen LogP contribution is 2.29. The molecule has 1 saturated heterocycles. The number of rotatable bonds is 3. The molecule has 106 valence electrons. The first-order valence-corrected chi connectivity index (χ1v) is 7.15. The Morgan fingerprint density at radius 3 is 2.63 bits per heavy atom. The van der Waals surface area contributed by atoms with E-state index in [4.69, 9.17) is 0 Å². The van der Waals surface area contributed by atoms with Gasteiger partial charge in [0.25, 0.3) is 0 Å². The van der Waals surface area contributed by atoms with E-state index in [0.717, 1.165) is 19.6 Å². The molecule has 0 spiro atoms. The quantitative estimate of drug-likeness (QED) is 0.895. The van der Waals surface area contributed by atoms with Gasteiger partial charge >= 0.3 is 0 Å². The van der Waals surface area contributed by atoms with E-state index in [1.54, 1.807) is 0 Å². The smallest absolute Gasteiger partial charge is 0.0513 e. The summed E-state index contributed by atoms with van der Waals surface area (Å²) in [6.07, 6.45) is 0. The fourth-order valence-electron chi connectivity index (χ4n) is 3.17. The van der Waals surface area contributed by atoms with Crippen LogP contribution in [0.2, 0.25) is 0 Å². The van der Waals surface area contributed by atoms with Gasteiger partial charge in [0.1, 0.15) is 0 Å². The summed E-state index contributed by atoms with van der Waals surface area (Å²) >= 11 is 0. The van der Waals surface area contributed by atoms with Gasteiger partial charge in [-0.3, -0.25) is 4.90 Å². The van der Waals surface area contributed by atoms with Crippen LogP contribution < -0.4 is 5.32 Å². The number of nitrogens with one attached hydrogen (secondary N) is 1. The summed E-state index contributed by atoms with van der Waals surface area (Å²) in [5, 5.41) is 3.53. The Bertz CT molecular complexity index is 428. The molecule has 1 heterocycles. The molecule has 2 atom stereocenters. The van der Waals surface area contributed by atoms with Crippen molar-refractivity contribution >= 4 is 0 Å². The van der Waals surface area contributed by atoms with Crippen LogP contribution in [0, 0.1) is 13.8 Å². The van der Waals surface area contributed by atoms with Crippen molar-refractivity contribution in [3.63, 3.8) is 0 Å². The van der Waals surface area contributed by atoms with Crippen LogP contribution in [0.3, 0.4) is 0 Å². The second-order valence-electron chi connectivity index (χ2n) is 6.02. The Kier molecular flexibility index (Phi) is 4.61. The molecule has 0 bridgehead atoms. The predicted octanol–water partition coefficient (Wildman–Crippen LogP) is 1.81. The highest BCUT2D eigenvalue weighted by atomic mass is 15.3. The van der Waals surface area contributed by atoms with Crippen LogP contribution in [-0.4, -0.2) is 56.6 Å². The minimum Gasteiger partial charge on any atom is -0.314 e. The van der Waals surface area contributed by atoms with Crippen LogP contribution in [0.25, 0.3) is 0 Å². The molecule has 1 N–H and O–H groups in total. The fourth-order valence-corrected chi connectivity index (χ4v) is 3.17. The molecule has 0 aliphatic carbocycles. The van der Waals surface area contributed by atoms with Gasteiger partial charge in [-0.05, 0) is 46.1 Å². The zero-order valence-electron chi connectivity index (χ0n) is 12.9. The number of aryl methyl sites for hydroxylation is 2. The molecule has 1 aromatic carbocycles. The van der Waals surface area contributed by atoms with Gasteiger partial charge in [-0.15, -0.1) is 0 Å². The first-order valence-electron chi connectivity index (χ1n) is 7.15. The van der Waals surface area contributed by atoms with Crippen molar-refractivity contribution in [2.75, 3.05) is 40.8 Å². The van der Waals surface area contributed by atoms with E-state index in [2.05, 4.69) is 68.3 Å². The van der Waals surface area contributed by atoms with Crippen molar-refractivity contribution in [1.29, 1.82) is 0 Å². The molecule has 3 heteroatoms. The highest BCUT2D eigenvalue weighted by Gasteiger charge is 2.31. The molecule has 3 nitrogen and oxygen atoms in total. The first-order chi connectivity index (χ1) is 9.00. The largest absolute Gasteiger partial charge is 0.314 e. The summed E-state index contributed by atoms with van der Waals surface area (Å²) in [6.45, 7) is 7.68. The summed E-state index contributed by atoms with van der Waals surface area (Å²) < 4.78 is 0. The number of piperazine rings is 1. The SMILES string of the molecule is Cc1ccc(C(C2CNCCN2C)N(C)C)c(C)c1. The molecule has 0 saturated carbocycles. The summed E-state index contributed by atoms with van der Waals surface area (Å²) in [5.41, 5.74) is 4.20. The van der Waals surface area contributed by atoms with Crippen LogP contribution >= 0.6 is 0 Å². The van der Waals surface area contributed by atoms with Gasteiger partial charge in [0, 0.05) is 25.7 Å². The van der Waals surface area contributed by atoms with Crippen LogP contribution in [-0.2, 0) is 0 Å². The number of hydrogen-bond acceptors (Lipinski definition) is 3. The second-order valence-corrected chi connectivity index (χ2v) is 6.02. The van der Waals surface area contributed by atoms with E-state index in [9.17, 15) is 0 Å². The van der Waals surface area contributed by atoms with Gasteiger partial charge < -0.3 is 10.2 Å². The monoisotopic (exact) mass is 261 g/mol. The average molecular weight is 261 g/mol. The average Bonchev–Trinajstić information content (AvgIpc) is 2.34. The summed E-state index contributed by atoms with van der Waals surface area (Å²) in [4.78, 5) is 4.84. The Balaban J connectivity index is 2.33. The molecule has 2 unspecified atom stereocenters. The van der Waals surface area contributed by atoms with Gasteiger partial charge in [-0.25, -0.2) is 0 Å². The van der Waals surface area contributed by atoms with Crippen molar-refractivity contribution in [2.45, 2.75) is 25.9 Å². The molecule has 0 amide bonds. The Hall–Kier alpha value is -0.900. The number of likely N-dealkylation sites (N-methyl/N-ethyl adjacent to an activating group) is 2. The summed E-state index contributed by atoms with van der Waals surface area (Å²) in [5.74, 6) is 0. The lowest BCUT2D eigenvalue weighted by atomic mass is 9.91. The maximum atomic E-state index is 3.53. The minimum absolute atomic E-state index is 0.443. The molecule has 1 aliphatic heterocycles. The zero-order valence-corrected chi connectivity index (χ0v) is 12.9. The van der Waals surface area contributed by atoms with Gasteiger partial charge in [0.2, 0.25) is 0 Å². The Labute approximate surface area is 117 Å². The van der Waals surface area contributed by atoms with Crippen LogP contribution in [0.5, 0.6) is 0 Å². The third-order valence-electron chi connectivity index (χ3n) is 4.23. The summed E-state index contributed by atoms with van der Waals surface area (Å²) in [7, 11) is 6.62. The standard InChI is InChI=1S/C16H27N3/c1-12-6-7-14(13(2)10-12)16(18(3)4)15-11-17-8-9-19(15)5/h6-7,10,15-17H,8-9,11H2,1-5H3. The number of nitrogens with zero attached hydrogens (tertiary/aromatic N) is 2. The van der Waals surface area contributed by atoms with Crippen LogP contribution in [0.15, 0.2) is 18.2 Å². The van der Waals surface area contributed by atoms with E-state index in [1.807, 2.05) is 0 Å². The molecule has 1 aromatic rings. The fraction of sp³-hybridized carbons (Fsp3) is 0.625. The van der Waals surface area contributed by atoms with E-state index in [-0.39, 0.29) is 0 Å². The summed E-state index contributed by atoms with van der Waals surface area (Å²) in [6, 6.07) is 7.80. The normalized spacial score (nSPS) is 22.7. The van der Waals surface area contributed by atoms with Gasteiger partial charge in [-0.1, -0.05) is 23.8 Å². The molecule has 1 aliphatic rings. The molecular formula is C16H27N3. The van der Waals surface area contributed by atoms with E-state index < -0.39 is 0 Å². The first kappa shape index (κ1) is 14.5. The third-order valence-corrected chi connectivity index (χ3v) is 4.23. The topological polar surface area (TPSA) is 18.5 Å². The molecule has 1 fully saturated rings. The molecular weight excluding hydrogens is 234 g/mol. The van der Waals surface area contributed by atoms with Gasteiger partial charge in [-0.2, -0.15) is 0 Å². The Morgan fingerprint density at radius 2 is 2.05 bits per heavy atom. The van der Waals surface area contributed by atoms with Crippen LogP contribution in [0.4, 0.5) is 0 Å². The third kappa shape index (κ3) is 3.16. The number of benzene rings is 1. The highest BCUT2D eigenvalue weighted by molar-refractivity contribution is 5.34. The van der Waals surface area contributed by atoms with Crippen molar-refractivity contribution in [1.82, 2.24) is 15.1 Å². The molecule has 2 rings (SSSR count). The lowest BCUT2D eigenvalue weighted by Gasteiger charge is -2.42. The second kappa shape index (κ2) is 6.04. The van der Waals surface area contributed by atoms with Crippen molar-refractivity contribution in [3.05, 3.63) is 34.9 Å². The molecule has 0 radical (unpaired) electrons. The Morgan fingerprint density at radius 1 is 1.32 bits per heavy atom. The van der Waals surface area contributed by atoms with Gasteiger partial charge in [0.05, 0.1) is 6.04 Å². The minimum atomic E-state index is 0.443. The van der Waals surface area contributed by atoms with E-state index in [0.29, 0.717) is 12.1 Å². The lowest BCUT2D eigenvalue weighted by molar-refractivity contribution is 0.107. The van der Waals surface area contributed by atoms with Crippen LogP contribution in [0.1, 0.15) is 22.7 Å². The lowest BCUT2D eigenvalue weighted by Crippen LogP contribution is -2.54. The zero-order chi connectivity index (χ0) is 14.0. The van der Waals surface area contributed by atoms with E-state index >= 15 is 0 Å². The maximum absolute atomic E-state index is 3.53. The van der Waals surface area contributed by atoms with Crippen molar-refractivity contribution in [2.24, 2.45) is 0 Å². The molecule has 0 aromatic heterocycles.